The number of aliphatic imine (C=N–C) groups is 1. The lowest BCUT2D eigenvalue weighted by atomic mass is 9.87. The number of carbonyl (C=O) groups is 1. The summed E-state index contributed by atoms with van der Waals surface area (Å²) in [6.45, 7) is 4.24. The van der Waals surface area contributed by atoms with E-state index >= 15 is 0 Å². The third kappa shape index (κ3) is 7.72. The highest BCUT2D eigenvalue weighted by molar-refractivity contribution is 7.11. The number of thiazole rings is 1. The summed E-state index contributed by atoms with van der Waals surface area (Å²) in [7, 11) is 1.76. The summed E-state index contributed by atoms with van der Waals surface area (Å²) in [5, 5.41) is 10.7. The average Bonchev–Trinajstić information content (AvgIpc) is 3.12. The molecule has 1 aromatic rings. The first-order valence-electron chi connectivity index (χ1n) is 9.86. The lowest BCUT2D eigenvalue weighted by molar-refractivity contribution is -0.122. The standard InChI is InChI=1S/C19H33N5OS/c1-3-16-14-24-18(26-16)9-10-22-19(20-2)23-12-11-21-17(25)13-15-7-5-4-6-8-15/h14-15H,3-13H2,1-2H3,(H,21,25)(H2,20,22,23). The predicted molar refractivity (Wildman–Crippen MR) is 109 cm³/mol. The molecule has 0 aliphatic heterocycles. The van der Waals surface area contributed by atoms with Crippen molar-refractivity contribution in [2.75, 3.05) is 26.7 Å². The maximum absolute atomic E-state index is 12.0. The lowest BCUT2D eigenvalue weighted by Gasteiger charge is -2.20. The maximum atomic E-state index is 12.0. The van der Waals surface area contributed by atoms with Crippen molar-refractivity contribution in [1.29, 1.82) is 0 Å². The summed E-state index contributed by atoms with van der Waals surface area (Å²) in [6.07, 6.45) is 10.9. The van der Waals surface area contributed by atoms with E-state index in [1.54, 1.807) is 18.4 Å². The molecule has 0 saturated heterocycles. The van der Waals surface area contributed by atoms with E-state index in [0.29, 0.717) is 25.4 Å². The van der Waals surface area contributed by atoms with Crippen molar-refractivity contribution in [2.24, 2.45) is 10.9 Å². The van der Waals surface area contributed by atoms with Gasteiger partial charge in [0.1, 0.15) is 0 Å². The largest absolute Gasteiger partial charge is 0.356 e. The van der Waals surface area contributed by atoms with Crippen molar-refractivity contribution in [1.82, 2.24) is 20.9 Å². The number of aromatic nitrogens is 1. The second kappa shape index (κ2) is 11.9. The van der Waals surface area contributed by atoms with Gasteiger partial charge in [0, 0.05) is 50.6 Å². The van der Waals surface area contributed by atoms with Crippen molar-refractivity contribution in [3.8, 4) is 0 Å². The molecule has 0 unspecified atom stereocenters. The number of nitrogens with zero attached hydrogens (tertiary/aromatic N) is 2. The highest BCUT2D eigenvalue weighted by Gasteiger charge is 2.16. The summed E-state index contributed by atoms with van der Waals surface area (Å²) in [4.78, 5) is 22.0. The van der Waals surface area contributed by atoms with Crippen LogP contribution < -0.4 is 16.0 Å². The molecule has 0 atom stereocenters. The van der Waals surface area contributed by atoms with Crippen molar-refractivity contribution < 1.29 is 4.79 Å². The minimum atomic E-state index is 0.178. The number of amides is 1. The molecule has 3 N–H and O–H groups in total. The van der Waals surface area contributed by atoms with Crippen LogP contribution in [0.3, 0.4) is 0 Å². The van der Waals surface area contributed by atoms with Crippen LogP contribution in [-0.2, 0) is 17.6 Å². The quantitative estimate of drug-likeness (QED) is 0.350. The minimum absolute atomic E-state index is 0.178. The van der Waals surface area contributed by atoms with Crippen molar-refractivity contribution in [2.45, 2.75) is 58.3 Å². The molecular weight excluding hydrogens is 346 g/mol. The highest BCUT2D eigenvalue weighted by atomic mass is 32.1. The normalized spacial score (nSPS) is 15.7. The molecule has 146 valence electrons. The Kier molecular flexibility index (Phi) is 9.45. The van der Waals surface area contributed by atoms with E-state index < -0.39 is 0 Å². The van der Waals surface area contributed by atoms with Crippen LogP contribution in [0, 0.1) is 5.92 Å². The molecule has 1 aromatic heterocycles. The molecule has 0 spiro atoms. The van der Waals surface area contributed by atoms with E-state index in [4.69, 9.17) is 0 Å². The smallest absolute Gasteiger partial charge is 0.220 e. The first-order chi connectivity index (χ1) is 12.7. The first kappa shape index (κ1) is 20.7. The van der Waals surface area contributed by atoms with E-state index in [-0.39, 0.29) is 5.91 Å². The zero-order valence-electron chi connectivity index (χ0n) is 16.1. The van der Waals surface area contributed by atoms with Gasteiger partial charge in [-0.15, -0.1) is 11.3 Å². The lowest BCUT2D eigenvalue weighted by Crippen LogP contribution is -2.42. The fourth-order valence-corrected chi connectivity index (χ4v) is 4.11. The zero-order chi connectivity index (χ0) is 18.6. The summed E-state index contributed by atoms with van der Waals surface area (Å²) in [5.41, 5.74) is 0. The van der Waals surface area contributed by atoms with Crippen LogP contribution >= 0.6 is 11.3 Å². The highest BCUT2D eigenvalue weighted by Crippen LogP contribution is 2.25. The molecule has 2 rings (SSSR count). The average molecular weight is 380 g/mol. The van der Waals surface area contributed by atoms with Crippen LogP contribution in [0.15, 0.2) is 11.2 Å². The van der Waals surface area contributed by atoms with Crippen LogP contribution in [0.5, 0.6) is 0 Å². The van der Waals surface area contributed by atoms with Crippen LogP contribution in [-0.4, -0.2) is 43.5 Å². The van der Waals surface area contributed by atoms with Gasteiger partial charge in [-0.2, -0.15) is 0 Å². The Morgan fingerprint density at radius 3 is 2.62 bits per heavy atom. The van der Waals surface area contributed by atoms with Crippen LogP contribution in [0.1, 0.15) is 55.3 Å². The molecule has 1 fully saturated rings. The number of hydrogen-bond acceptors (Lipinski definition) is 4. The van der Waals surface area contributed by atoms with E-state index in [9.17, 15) is 4.79 Å². The molecule has 1 aliphatic carbocycles. The van der Waals surface area contributed by atoms with Gasteiger partial charge in [-0.05, 0) is 25.2 Å². The number of carbonyl (C=O) groups excluding carboxylic acids is 1. The Labute approximate surface area is 161 Å². The van der Waals surface area contributed by atoms with Gasteiger partial charge < -0.3 is 16.0 Å². The number of guanidine groups is 1. The van der Waals surface area contributed by atoms with Crippen LogP contribution in [0.4, 0.5) is 0 Å². The van der Waals surface area contributed by atoms with Gasteiger partial charge in [0.25, 0.3) is 0 Å². The molecule has 1 saturated carbocycles. The molecule has 0 bridgehead atoms. The first-order valence-corrected chi connectivity index (χ1v) is 10.7. The fourth-order valence-electron chi connectivity index (χ4n) is 3.24. The van der Waals surface area contributed by atoms with Gasteiger partial charge in [0.15, 0.2) is 5.96 Å². The molecule has 6 nitrogen and oxygen atoms in total. The van der Waals surface area contributed by atoms with E-state index in [0.717, 1.165) is 30.4 Å². The third-order valence-electron chi connectivity index (χ3n) is 4.74. The molecule has 0 radical (unpaired) electrons. The number of aryl methyl sites for hydroxylation is 1. The molecule has 1 amide bonds. The summed E-state index contributed by atoms with van der Waals surface area (Å²) in [6, 6.07) is 0. The van der Waals surface area contributed by atoms with Crippen molar-refractivity contribution in [3.05, 3.63) is 16.1 Å². The number of hydrogen-bond donors (Lipinski definition) is 3. The summed E-state index contributed by atoms with van der Waals surface area (Å²) < 4.78 is 0. The molecule has 7 heteroatoms. The molecular formula is C19H33N5OS. The maximum Gasteiger partial charge on any atom is 0.220 e. The van der Waals surface area contributed by atoms with Gasteiger partial charge in [0.05, 0.1) is 5.01 Å². The van der Waals surface area contributed by atoms with Crippen molar-refractivity contribution >= 4 is 23.2 Å². The van der Waals surface area contributed by atoms with Crippen LogP contribution in [0.2, 0.25) is 0 Å². The summed E-state index contributed by atoms with van der Waals surface area (Å²) in [5.74, 6) is 1.53. The van der Waals surface area contributed by atoms with E-state index in [2.05, 4.69) is 32.9 Å². The summed E-state index contributed by atoms with van der Waals surface area (Å²) >= 11 is 1.77. The number of rotatable bonds is 9. The Morgan fingerprint density at radius 2 is 1.92 bits per heavy atom. The molecule has 1 heterocycles. The van der Waals surface area contributed by atoms with Gasteiger partial charge in [0.2, 0.25) is 5.91 Å². The molecule has 0 aromatic carbocycles. The SMILES string of the molecule is CCc1cnc(CCNC(=NC)NCCNC(=O)CC2CCCCC2)s1. The molecule has 26 heavy (non-hydrogen) atoms. The van der Waals surface area contributed by atoms with Gasteiger partial charge in [-0.3, -0.25) is 9.79 Å². The third-order valence-corrected chi connectivity index (χ3v) is 5.94. The Balaban J connectivity index is 1.54. The van der Waals surface area contributed by atoms with Crippen LogP contribution in [0.25, 0.3) is 0 Å². The van der Waals surface area contributed by atoms with E-state index in [1.165, 1.54) is 37.0 Å². The van der Waals surface area contributed by atoms with Gasteiger partial charge in [-0.1, -0.05) is 26.2 Å². The van der Waals surface area contributed by atoms with E-state index in [1.807, 2.05) is 6.20 Å². The monoisotopic (exact) mass is 379 g/mol. The predicted octanol–water partition coefficient (Wildman–Crippen LogP) is 2.50. The molecule has 1 aliphatic rings. The minimum Gasteiger partial charge on any atom is -0.356 e. The zero-order valence-corrected chi connectivity index (χ0v) is 17.0. The Morgan fingerprint density at radius 1 is 1.19 bits per heavy atom. The van der Waals surface area contributed by atoms with Gasteiger partial charge >= 0.3 is 0 Å². The fraction of sp³-hybridized carbons (Fsp3) is 0.737. The Bertz CT molecular complexity index is 566. The van der Waals surface area contributed by atoms with Gasteiger partial charge in [-0.25, -0.2) is 4.98 Å². The second-order valence-electron chi connectivity index (χ2n) is 6.81. The topological polar surface area (TPSA) is 78.4 Å². The van der Waals surface area contributed by atoms with Crippen molar-refractivity contribution in [3.63, 3.8) is 0 Å². The second-order valence-corrected chi connectivity index (χ2v) is 8.01. The number of nitrogens with one attached hydrogen (secondary N) is 3. The Hall–Kier alpha value is -1.63.